The van der Waals surface area contributed by atoms with Crippen molar-refractivity contribution in [1.29, 1.82) is 0 Å². The van der Waals surface area contributed by atoms with Crippen molar-refractivity contribution >= 4 is 10.0 Å². The average Bonchev–Trinajstić information content (AvgIpc) is 2.24. The number of nitrogens with one attached hydrogen (secondary N) is 1. The van der Waals surface area contributed by atoms with Crippen LogP contribution in [0.25, 0.3) is 0 Å². The Morgan fingerprint density at radius 1 is 1.38 bits per heavy atom. The zero-order chi connectivity index (χ0) is 10.1. The van der Waals surface area contributed by atoms with Crippen molar-refractivity contribution in [3.05, 3.63) is 22.1 Å². The molecule has 0 atom stereocenters. The van der Waals surface area contributed by atoms with Crippen LogP contribution in [0, 0.1) is 6.92 Å². The molecule has 0 aromatic carbocycles. The van der Waals surface area contributed by atoms with Crippen LogP contribution in [-0.2, 0) is 16.6 Å². The summed E-state index contributed by atoms with van der Waals surface area (Å²) in [5.74, 6) is -0.362. The van der Waals surface area contributed by atoms with Crippen LogP contribution in [0.3, 0.4) is 0 Å². The van der Waals surface area contributed by atoms with E-state index < -0.39 is 15.8 Å². The Bertz CT molecular complexity index is 440. The van der Waals surface area contributed by atoms with Gasteiger partial charge in [-0.15, -0.1) is 0 Å². The van der Waals surface area contributed by atoms with Crippen LogP contribution in [0.5, 0.6) is 0 Å². The van der Waals surface area contributed by atoms with E-state index in [1.165, 1.54) is 6.92 Å². The molecular formula is C6H9NO5S. The van der Waals surface area contributed by atoms with Gasteiger partial charge in [0.15, 0.2) is 5.76 Å². The van der Waals surface area contributed by atoms with Crippen molar-refractivity contribution in [1.82, 2.24) is 4.72 Å². The van der Waals surface area contributed by atoms with Gasteiger partial charge in [-0.2, -0.15) is 0 Å². The molecule has 0 aliphatic carbocycles. The minimum Gasteiger partial charge on any atom is -0.396 e. The lowest BCUT2D eigenvalue weighted by atomic mass is 10.4. The molecule has 1 aromatic heterocycles. The van der Waals surface area contributed by atoms with Gasteiger partial charge in [-0.25, -0.2) is 17.9 Å². The van der Waals surface area contributed by atoms with Crippen LogP contribution >= 0.6 is 0 Å². The minimum atomic E-state index is -3.28. The van der Waals surface area contributed by atoms with Crippen molar-refractivity contribution in [2.75, 3.05) is 6.26 Å². The molecular weight excluding hydrogens is 198 g/mol. The Labute approximate surface area is 74.6 Å². The van der Waals surface area contributed by atoms with E-state index in [0.29, 0.717) is 0 Å². The first kappa shape index (κ1) is 10.0. The maximum absolute atomic E-state index is 10.7. The quantitative estimate of drug-likeness (QED) is 0.727. The van der Waals surface area contributed by atoms with Gasteiger partial charge in [0, 0.05) is 0 Å². The first-order valence-electron chi connectivity index (χ1n) is 3.42. The van der Waals surface area contributed by atoms with E-state index in [2.05, 4.69) is 13.6 Å². The van der Waals surface area contributed by atoms with Crippen LogP contribution in [0.15, 0.2) is 13.6 Å². The number of hydrogen-bond acceptors (Lipinski definition) is 5. The standard InChI is InChI=1S/C6H9NO5S/c1-4-5(12-6(8)11-4)3-7-13(2,9)10/h7H,3H2,1-2H3. The summed E-state index contributed by atoms with van der Waals surface area (Å²) >= 11 is 0. The van der Waals surface area contributed by atoms with E-state index in [4.69, 9.17) is 0 Å². The van der Waals surface area contributed by atoms with Gasteiger partial charge in [0.25, 0.3) is 0 Å². The van der Waals surface area contributed by atoms with Crippen LogP contribution in [0.4, 0.5) is 0 Å². The van der Waals surface area contributed by atoms with Crippen LogP contribution in [0.1, 0.15) is 11.5 Å². The maximum atomic E-state index is 10.7. The minimum absolute atomic E-state index is 0.0730. The molecule has 6 nitrogen and oxygen atoms in total. The van der Waals surface area contributed by atoms with E-state index in [1.54, 1.807) is 0 Å². The first-order valence-corrected chi connectivity index (χ1v) is 5.31. The van der Waals surface area contributed by atoms with Crippen LogP contribution < -0.4 is 10.5 Å². The number of sulfonamides is 1. The summed E-state index contributed by atoms with van der Waals surface area (Å²) in [7, 11) is -3.28. The fourth-order valence-electron chi connectivity index (χ4n) is 0.732. The molecule has 0 fully saturated rings. The van der Waals surface area contributed by atoms with Crippen LogP contribution in [0.2, 0.25) is 0 Å². The number of rotatable bonds is 3. The molecule has 0 aliphatic heterocycles. The summed E-state index contributed by atoms with van der Waals surface area (Å²) in [5, 5.41) is 0. The third-order valence-electron chi connectivity index (χ3n) is 1.33. The molecule has 0 saturated heterocycles. The van der Waals surface area contributed by atoms with Crippen molar-refractivity contribution in [3.63, 3.8) is 0 Å². The topological polar surface area (TPSA) is 89.5 Å². The zero-order valence-electron chi connectivity index (χ0n) is 7.16. The smallest absolute Gasteiger partial charge is 0.396 e. The summed E-state index contributed by atoms with van der Waals surface area (Å²) in [6.07, 6.45) is 1.01. The lowest BCUT2D eigenvalue weighted by Crippen LogP contribution is -2.21. The van der Waals surface area contributed by atoms with Gasteiger partial charge in [0.05, 0.1) is 12.8 Å². The summed E-state index contributed by atoms with van der Waals surface area (Å²) in [6, 6.07) is 0. The fourth-order valence-corrected chi connectivity index (χ4v) is 1.13. The second kappa shape index (κ2) is 3.35. The Hall–Kier alpha value is -1.08. The van der Waals surface area contributed by atoms with Gasteiger partial charge in [-0.1, -0.05) is 0 Å². The average molecular weight is 207 g/mol. The van der Waals surface area contributed by atoms with Crippen molar-refractivity contribution < 1.29 is 17.3 Å². The molecule has 13 heavy (non-hydrogen) atoms. The molecule has 0 bridgehead atoms. The summed E-state index contributed by atoms with van der Waals surface area (Å²) in [4.78, 5) is 10.5. The Balaban J connectivity index is 2.76. The highest BCUT2D eigenvalue weighted by atomic mass is 32.2. The summed E-state index contributed by atoms with van der Waals surface area (Å²) < 4.78 is 32.6. The van der Waals surface area contributed by atoms with Gasteiger partial charge < -0.3 is 8.83 Å². The molecule has 0 aliphatic rings. The molecule has 1 aromatic rings. The van der Waals surface area contributed by atoms with Crippen LogP contribution in [-0.4, -0.2) is 14.7 Å². The molecule has 1 N–H and O–H groups in total. The fraction of sp³-hybridized carbons (Fsp3) is 0.500. The lowest BCUT2D eigenvalue weighted by molar-refractivity contribution is 0.368. The number of aryl methyl sites for hydroxylation is 1. The van der Waals surface area contributed by atoms with Gasteiger partial charge >= 0.3 is 5.82 Å². The molecule has 1 heterocycles. The SMILES string of the molecule is Cc1oc(=O)oc1CNS(C)(=O)=O. The monoisotopic (exact) mass is 207 g/mol. The first-order chi connectivity index (χ1) is 5.88. The van der Waals surface area contributed by atoms with E-state index in [0.717, 1.165) is 6.26 Å². The lowest BCUT2D eigenvalue weighted by Gasteiger charge is -1.97. The van der Waals surface area contributed by atoms with Gasteiger partial charge in [-0.3, -0.25) is 0 Å². The molecule has 0 amide bonds. The third-order valence-corrected chi connectivity index (χ3v) is 2.00. The molecule has 0 spiro atoms. The maximum Gasteiger partial charge on any atom is 0.519 e. The summed E-state index contributed by atoms with van der Waals surface area (Å²) in [5.41, 5.74) is 0. The number of hydrogen-bond donors (Lipinski definition) is 1. The van der Waals surface area contributed by atoms with E-state index >= 15 is 0 Å². The molecule has 0 radical (unpaired) electrons. The molecule has 0 unspecified atom stereocenters. The highest BCUT2D eigenvalue weighted by molar-refractivity contribution is 7.88. The highest BCUT2D eigenvalue weighted by Crippen LogP contribution is 2.03. The molecule has 0 saturated carbocycles. The van der Waals surface area contributed by atoms with Crippen molar-refractivity contribution in [2.24, 2.45) is 0 Å². The zero-order valence-corrected chi connectivity index (χ0v) is 7.97. The van der Waals surface area contributed by atoms with E-state index in [9.17, 15) is 13.2 Å². The van der Waals surface area contributed by atoms with E-state index in [1.807, 2.05) is 0 Å². The molecule has 1 rings (SSSR count). The Morgan fingerprint density at radius 3 is 2.38 bits per heavy atom. The highest BCUT2D eigenvalue weighted by Gasteiger charge is 2.10. The predicted octanol–water partition coefficient (Wildman–Crippen LogP) is -0.410. The van der Waals surface area contributed by atoms with Gasteiger partial charge in [0.1, 0.15) is 5.76 Å². The molecule has 74 valence electrons. The second-order valence-electron chi connectivity index (χ2n) is 2.53. The normalized spacial score (nSPS) is 11.8. The third kappa shape index (κ3) is 3.03. The van der Waals surface area contributed by atoms with Gasteiger partial charge in [-0.05, 0) is 6.92 Å². The largest absolute Gasteiger partial charge is 0.519 e. The second-order valence-corrected chi connectivity index (χ2v) is 4.36. The summed E-state index contributed by atoms with van der Waals surface area (Å²) in [6.45, 7) is 1.45. The van der Waals surface area contributed by atoms with E-state index in [-0.39, 0.29) is 18.1 Å². The predicted molar refractivity (Wildman–Crippen MR) is 43.7 cm³/mol. The van der Waals surface area contributed by atoms with Crippen molar-refractivity contribution in [2.45, 2.75) is 13.5 Å². The Morgan fingerprint density at radius 2 is 2.00 bits per heavy atom. The van der Waals surface area contributed by atoms with Gasteiger partial charge in [0.2, 0.25) is 10.0 Å². The molecule has 7 heteroatoms. The Kier molecular flexibility index (Phi) is 2.58. The van der Waals surface area contributed by atoms with Crippen molar-refractivity contribution in [3.8, 4) is 0 Å².